The smallest absolute Gasteiger partial charge is 0.322 e. The molecule has 0 saturated carbocycles. The summed E-state index contributed by atoms with van der Waals surface area (Å²) in [4.78, 5) is 12.4. The number of amides is 1. The molecular formula is C17H13Cl2N3O4S. The van der Waals surface area contributed by atoms with Gasteiger partial charge in [-0.15, -0.1) is 5.10 Å². The second kappa shape index (κ2) is 7.67. The molecule has 0 saturated heterocycles. The molecule has 0 atom stereocenters. The van der Waals surface area contributed by atoms with Gasteiger partial charge in [-0.1, -0.05) is 47.4 Å². The van der Waals surface area contributed by atoms with E-state index in [1.54, 1.807) is 30.3 Å². The van der Waals surface area contributed by atoms with Crippen molar-refractivity contribution in [2.45, 2.75) is 11.8 Å². The molecular weight excluding hydrogens is 413 g/mol. The average Bonchev–Trinajstić information content (AvgIpc) is 3.12. The Labute approximate surface area is 165 Å². The second-order valence-electron chi connectivity index (χ2n) is 5.39. The fourth-order valence-corrected chi connectivity index (χ4v) is 3.75. The SMILES string of the molecule is CCS(=O)(=O)c1ccccc1C(=O)Nc1nnc(-c2cc(Cl)ccc2Cl)o1. The number of benzene rings is 2. The van der Waals surface area contributed by atoms with Gasteiger partial charge in [0.25, 0.3) is 11.8 Å². The van der Waals surface area contributed by atoms with E-state index in [1.807, 2.05) is 0 Å². The van der Waals surface area contributed by atoms with Crippen molar-refractivity contribution in [2.24, 2.45) is 0 Å². The van der Waals surface area contributed by atoms with Gasteiger partial charge in [0.2, 0.25) is 0 Å². The first-order chi connectivity index (χ1) is 12.8. The molecule has 0 unspecified atom stereocenters. The minimum atomic E-state index is -3.57. The van der Waals surface area contributed by atoms with Gasteiger partial charge in [0.05, 0.1) is 26.8 Å². The summed E-state index contributed by atoms with van der Waals surface area (Å²) in [5, 5.41) is 10.7. The fourth-order valence-electron chi connectivity index (χ4n) is 2.29. The van der Waals surface area contributed by atoms with E-state index in [9.17, 15) is 13.2 Å². The van der Waals surface area contributed by atoms with Crippen LogP contribution < -0.4 is 5.32 Å². The third-order valence-corrected chi connectivity index (χ3v) is 6.00. The second-order valence-corrected chi connectivity index (χ2v) is 8.48. The summed E-state index contributed by atoms with van der Waals surface area (Å²) in [6.07, 6.45) is 0. The predicted molar refractivity (Wildman–Crippen MR) is 102 cm³/mol. The van der Waals surface area contributed by atoms with Gasteiger partial charge in [-0.3, -0.25) is 10.1 Å². The van der Waals surface area contributed by atoms with Crippen molar-refractivity contribution in [3.05, 3.63) is 58.1 Å². The number of carbonyl (C=O) groups is 1. The summed E-state index contributed by atoms with van der Waals surface area (Å²) in [7, 11) is -3.57. The van der Waals surface area contributed by atoms with E-state index in [-0.39, 0.29) is 28.1 Å². The highest BCUT2D eigenvalue weighted by molar-refractivity contribution is 7.91. The number of hydrogen-bond donors (Lipinski definition) is 1. The maximum atomic E-state index is 12.5. The average molecular weight is 426 g/mol. The van der Waals surface area contributed by atoms with Gasteiger partial charge >= 0.3 is 6.01 Å². The molecule has 0 bridgehead atoms. The highest BCUT2D eigenvalue weighted by atomic mass is 35.5. The molecule has 1 heterocycles. The van der Waals surface area contributed by atoms with Crippen LogP contribution in [0.3, 0.4) is 0 Å². The molecule has 7 nitrogen and oxygen atoms in total. The van der Waals surface area contributed by atoms with Crippen LogP contribution in [-0.2, 0) is 9.84 Å². The Balaban J connectivity index is 1.89. The Kier molecular flexibility index (Phi) is 5.50. The number of nitrogens with one attached hydrogen (secondary N) is 1. The predicted octanol–water partition coefficient (Wildman–Crippen LogP) is 4.09. The zero-order chi connectivity index (χ0) is 19.6. The zero-order valence-electron chi connectivity index (χ0n) is 13.9. The molecule has 2 aromatic carbocycles. The van der Waals surface area contributed by atoms with Crippen molar-refractivity contribution in [1.29, 1.82) is 0 Å². The van der Waals surface area contributed by atoms with Gasteiger partial charge in [-0.05, 0) is 30.3 Å². The van der Waals surface area contributed by atoms with E-state index in [0.29, 0.717) is 15.6 Å². The van der Waals surface area contributed by atoms with Crippen molar-refractivity contribution < 1.29 is 17.6 Å². The number of halogens is 2. The molecule has 0 aliphatic carbocycles. The van der Waals surface area contributed by atoms with Gasteiger partial charge in [-0.2, -0.15) is 0 Å². The molecule has 10 heteroatoms. The molecule has 0 fully saturated rings. The first-order valence-electron chi connectivity index (χ1n) is 7.74. The van der Waals surface area contributed by atoms with Gasteiger partial charge in [0.1, 0.15) is 0 Å². The molecule has 0 aliphatic rings. The van der Waals surface area contributed by atoms with Crippen molar-refractivity contribution in [3.63, 3.8) is 0 Å². The van der Waals surface area contributed by atoms with Crippen LogP contribution in [0.4, 0.5) is 6.01 Å². The van der Waals surface area contributed by atoms with E-state index in [2.05, 4.69) is 15.5 Å². The lowest BCUT2D eigenvalue weighted by atomic mass is 10.2. The lowest BCUT2D eigenvalue weighted by Gasteiger charge is -2.07. The summed E-state index contributed by atoms with van der Waals surface area (Å²) < 4.78 is 29.8. The third-order valence-electron chi connectivity index (χ3n) is 3.65. The Morgan fingerprint density at radius 3 is 2.63 bits per heavy atom. The quantitative estimate of drug-likeness (QED) is 0.660. The van der Waals surface area contributed by atoms with Gasteiger partial charge < -0.3 is 4.42 Å². The van der Waals surface area contributed by atoms with Crippen LogP contribution in [0.5, 0.6) is 0 Å². The fraction of sp³-hybridized carbons (Fsp3) is 0.118. The Morgan fingerprint density at radius 2 is 1.89 bits per heavy atom. The standard InChI is InChI=1S/C17H13Cl2N3O4S/c1-2-27(24,25)14-6-4-3-5-11(14)15(23)20-17-22-21-16(26-17)12-9-10(18)7-8-13(12)19/h3-9H,2H2,1H3,(H,20,22,23). The van der Waals surface area contributed by atoms with Crippen molar-refractivity contribution in [3.8, 4) is 11.5 Å². The van der Waals surface area contributed by atoms with E-state index in [0.717, 1.165) is 0 Å². The van der Waals surface area contributed by atoms with Crippen LogP contribution in [0, 0.1) is 0 Å². The summed E-state index contributed by atoms with van der Waals surface area (Å²) in [6, 6.07) is 10.4. The molecule has 3 aromatic rings. The van der Waals surface area contributed by atoms with E-state index < -0.39 is 15.7 Å². The van der Waals surface area contributed by atoms with Gasteiger partial charge in [-0.25, -0.2) is 8.42 Å². The number of hydrogen-bond acceptors (Lipinski definition) is 6. The molecule has 1 amide bonds. The van der Waals surface area contributed by atoms with Crippen LogP contribution in [0.15, 0.2) is 51.8 Å². The Morgan fingerprint density at radius 1 is 1.15 bits per heavy atom. The Hall–Kier alpha value is -2.42. The monoisotopic (exact) mass is 425 g/mol. The minimum absolute atomic E-state index is 0.0140. The molecule has 1 aromatic heterocycles. The molecule has 0 aliphatic heterocycles. The van der Waals surface area contributed by atoms with Gasteiger partial charge in [0.15, 0.2) is 9.84 Å². The zero-order valence-corrected chi connectivity index (χ0v) is 16.3. The summed E-state index contributed by atoms with van der Waals surface area (Å²) >= 11 is 12.0. The highest BCUT2D eigenvalue weighted by Gasteiger charge is 2.22. The van der Waals surface area contributed by atoms with E-state index >= 15 is 0 Å². The maximum Gasteiger partial charge on any atom is 0.322 e. The van der Waals surface area contributed by atoms with Crippen LogP contribution in [0.2, 0.25) is 10.0 Å². The lowest BCUT2D eigenvalue weighted by molar-refractivity contribution is 0.102. The van der Waals surface area contributed by atoms with E-state index in [1.165, 1.54) is 19.1 Å². The molecule has 0 radical (unpaired) electrons. The third kappa shape index (κ3) is 4.13. The van der Waals surface area contributed by atoms with Crippen LogP contribution in [0.1, 0.15) is 17.3 Å². The van der Waals surface area contributed by atoms with Gasteiger partial charge in [0, 0.05) is 5.02 Å². The first-order valence-corrected chi connectivity index (χ1v) is 10.1. The molecule has 27 heavy (non-hydrogen) atoms. The summed E-state index contributed by atoms with van der Waals surface area (Å²) in [5.74, 6) is -0.753. The minimum Gasteiger partial charge on any atom is -0.403 e. The van der Waals surface area contributed by atoms with Crippen molar-refractivity contribution >= 4 is 45.0 Å². The molecule has 0 spiro atoms. The number of anilines is 1. The normalized spacial score (nSPS) is 11.4. The first kappa shape index (κ1) is 19.3. The molecule has 140 valence electrons. The number of rotatable bonds is 5. The van der Waals surface area contributed by atoms with Crippen LogP contribution in [-0.4, -0.2) is 30.3 Å². The number of aromatic nitrogens is 2. The van der Waals surface area contributed by atoms with Crippen LogP contribution in [0.25, 0.3) is 11.5 Å². The van der Waals surface area contributed by atoms with Crippen LogP contribution >= 0.6 is 23.2 Å². The topological polar surface area (TPSA) is 102 Å². The number of nitrogens with zero attached hydrogens (tertiary/aromatic N) is 2. The highest BCUT2D eigenvalue weighted by Crippen LogP contribution is 2.30. The summed E-state index contributed by atoms with van der Waals surface area (Å²) in [6.45, 7) is 1.50. The van der Waals surface area contributed by atoms with Crippen molar-refractivity contribution in [2.75, 3.05) is 11.1 Å². The maximum absolute atomic E-state index is 12.5. The number of carbonyl (C=O) groups excluding carboxylic acids is 1. The van der Waals surface area contributed by atoms with E-state index in [4.69, 9.17) is 27.6 Å². The molecule has 3 rings (SSSR count). The van der Waals surface area contributed by atoms with Crippen molar-refractivity contribution in [1.82, 2.24) is 10.2 Å². The lowest BCUT2D eigenvalue weighted by Crippen LogP contribution is -2.17. The summed E-state index contributed by atoms with van der Waals surface area (Å²) in [5.41, 5.74) is 0.394. The number of sulfone groups is 1. The Bertz CT molecular complexity index is 1110. The largest absolute Gasteiger partial charge is 0.403 e. The molecule has 1 N–H and O–H groups in total.